The molecule has 8 heteroatoms. The van der Waals surface area contributed by atoms with Crippen LogP contribution in [-0.4, -0.2) is 18.0 Å². The maximum absolute atomic E-state index is 12.7. The summed E-state index contributed by atoms with van der Waals surface area (Å²) in [7, 11) is 0. The van der Waals surface area contributed by atoms with Crippen LogP contribution in [0.5, 0.6) is 5.75 Å². The molecule has 4 aromatic rings. The zero-order valence-electron chi connectivity index (χ0n) is 20.9. The van der Waals surface area contributed by atoms with Crippen LogP contribution >= 0.6 is 15.9 Å². The van der Waals surface area contributed by atoms with Crippen LogP contribution in [0.15, 0.2) is 113 Å². The summed E-state index contributed by atoms with van der Waals surface area (Å²) in [5.41, 5.74) is 5.99. The van der Waals surface area contributed by atoms with Gasteiger partial charge in [0.15, 0.2) is 0 Å². The SMILES string of the molecule is N#Cc1ccccc1COc1ccc(/C=N\NC(=O)C[C@H](NC(=O)c2ccccc2)c2ccccc2)cc1Br. The van der Waals surface area contributed by atoms with Gasteiger partial charge in [-0.15, -0.1) is 0 Å². The van der Waals surface area contributed by atoms with Gasteiger partial charge >= 0.3 is 0 Å². The number of nitrogens with zero attached hydrogens (tertiary/aromatic N) is 2. The highest BCUT2D eigenvalue weighted by atomic mass is 79.9. The zero-order chi connectivity index (χ0) is 27.5. The molecule has 39 heavy (non-hydrogen) atoms. The zero-order valence-corrected chi connectivity index (χ0v) is 22.5. The van der Waals surface area contributed by atoms with Gasteiger partial charge in [-0.25, -0.2) is 5.43 Å². The summed E-state index contributed by atoms with van der Waals surface area (Å²) in [5, 5.41) is 16.3. The second kappa shape index (κ2) is 13.7. The highest BCUT2D eigenvalue weighted by Gasteiger charge is 2.19. The van der Waals surface area contributed by atoms with Crippen molar-refractivity contribution in [2.45, 2.75) is 19.1 Å². The van der Waals surface area contributed by atoms with E-state index >= 15 is 0 Å². The Kier molecular flexibility index (Phi) is 9.59. The minimum absolute atomic E-state index is 0.0145. The van der Waals surface area contributed by atoms with E-state index in [2.05, 4.69) is 37.8 Å². The van der Waals surface area contributed by atoms with Gasteiger partial charge in [-0.05, 0) is 63.5 Å². The maximum Gasteiger partial charge on any atom is 0.251 e. The molecule has 0 saturated heterocycles. The Bertz CT molecular complexity index is 1500. The van der Waals surface area contributed by atoms with Crippen molar-refractivity contribution in [2.75, 3.05) is 0 Å². The minimum atomic E-state index is -0.522. The fourth-order valence-corrected chi connectivity index (χ4v) is 4.31. The smallest absolute Gasteiger partial charge is 0.251 e. The topological polar surface area (TPSA) is 104 Å². The predicted molar refractivity (Wildman–Crippen MR) is 153 cm³/mol. The van der Waals surface area contributed by atoms with Crippen LogP contribution in [0.4, 0.5) is 0 Å². The first-order valence-electron chi connectivity index (χ1n) is 12.2. The number of nitriles is 1. The molecule has 4 aromatic carbocycles. The van der Waals surface area contributed by atoms with Crippen molar-refractivity contribution < 1.29 is 14.3 Å². The van der Waals surface area contributed by atoms with Gasteiger partial charge < -0.3 is 10.1 Å². The van der Waals surface area contributed by atoms with E-state index in [1.54, 1.807) is 42.5 Å². The van der Waals surface area contributed by atoms with Crippen molar-refractivity contribution in [3.05, 3.63) is 135 Å². The van der Waals surface area contributed by atoms with Crippen molar-refractivity contribution in [3.63, 3.8) is 0 Å². The van der Waals surface area contributed by atoms with Gasteiger partial charge in [-0.2, -0.15) is 10.4 Å². The van der Waals surface area contributed by atoms with Crippen molar-refractivity contribution in [3.8, 4) is 11.8 Å². The summed E-state index contributed by atoms with van der Waals surface area (Å²) in [5.74, 6) is 0.0106. The molecule has 0 aliphatic carbocycles. The van der Waals surface area contributed by atoms with Crippen molar-refractivity contribution in [1.29, 1.82) is 5.26 Å². The molecule has 0 saturated carbocycles. The van der Waals surface area contributed by atoms with E-state index in [1.165, 1.54) is 6.21 Å². The van der Waals surface area contributed by atoms with Gasteiger partial charge in [-0.1, -0.05) is 66.7 Å². The lowest BCUT2D eigenvalue weighted by molar-refractivity contribution is -0.121. The van der Waals surface area contributed by atoms with Gasteiger partial charge in [0.25, 0.3) is 5.91 Å². The van der Waals surface area contributed by atoms with E-state index < -0.39 is 6.04 Å². The first-order valence-corrected chi connectivity index (χ1v) is 13.0. The van der Waals surface area contributed by atoms with Gasteiger partial charge in [0.2, 0.25) is 5.91 Å². The lowest BCUT2D eigenvalue weighted by Crippen LogP contribution is -2.32. The second-order valence-electron chi connectivity index (χ2n) is 8.55. The summed E-state index contributed by atoms with van der Waals surface area (Å²) in [6, 6.07) is 32.5. The van der Waals surface area contributed by atoms with Crippen LogP contribution < -0.4 is 15.5 Å². The number of nitrogens with one attached hydrogen (secondary N) is 2. The highest BCUT2D eigenvalue weighted by Crippen LogP contribution is 2.27. The Labute approximate surface area is 235 Å². The third-order valence-corrected chi connectivity index (χ3v) is 6.43. The summed E-state index contributed by atoms with van der Waals surface area (Å²) >= 11 is 3.50. The predicted octanol–water partition coefficient (Wildman–Crippen LogP) is 5.91. The monoisotopic (exact) mass is 580 g/mol. The van der Waals surface area contributed by atoms with E-state index in [1.807, 2.05) is 60.7 Å². The number of amides is 2. The summed E-state index contributed by atoms with van der Waals surface area (Å²) in [4.78, 5) is 25.4. The van der Waals surface area contributed by atoms with Crippen LogP contribution in [0.25, 0.3) is 0 Å². The Balaban J connectivity index is 1.35. The van der Waals surface area contributed by atoms with Gasteiger partial charge in [0.1, 0.15) is 12.4 Å². The van der Waals surface area contributed by atoms with Gasteiger partial charge in [0.05, 0.1) is 34.8 Å². The van der Waals surface area contributed by atoms with Crippen LogP contribution in [0, 0.1) is 11.3 Å². The normalized spacial score (nSPS) is 11.4. The average Bonchev–Trinajstić information content (AvgIpc) is 2.97. The van der Waals surface area contributed by atoms with Crippen LogP contribution in [0.2, 0.25) is 0 Å². The maximum atomic E-state index is 12.7. The molecular weight excluding hydrogens is 556 g/mol. The molecule has 1 atom stereocenters. The molecule has 4 rings (SSSR count). The molecule has 0 bridgehead atoms. The van der Waals surface area contributed by atoms with E-state index in [-0.39, 0.29) is 24.8 Å². The molecule has 7 nitrogen and oxygen atoms in total. The molecule has 2 amide bonds. The number of benzene rings is 4. The number of hydrogen-bond donors (Lipinski definition) is 2. The van der Waals surface area contributed by atoms with Crippen LogP contribution in [0.1, 0.15) is 45.1 Å². The third kappa shape index (κ3) is 7.87. The first-order chi connectivity index (χ1) is 19.0. The fraction of sp³-hybridized carbons (Fsp3) is 0.0968. The average molecular weight is 581 g/mol. The molecular formula is C31H25BrN4O3. The highest BCUT2D eigenvalue weighted by molar-refractivity contribution is 9.10. The molecule has 0 aliphatic rings. The third-order valence-electron chi connectivity index (χ3n) is 5.81. The lowest BCUT2D eigenvalue weighted by atomic mass is 10.0. The van der Waals surface area contributed by atoms with Crippen LogP contribution in [0.3, 0.4) is 0 Å². The molecule has 2 N–H and O–H groups in total. The van der Waals surface area contributed by atoms with Crippen molar-refractivity contribution in [1.82, 2.24) is 10.7 Å². The number of halogens is 1. The molecule has 0 heterocycles. The lowest BCUT2D eigenvalue weighted by Gasteiger charge is -2.18. The van der Waals surface area contributed by atoms with E-state index in [0.29, 0.717) is 21.3 Å². The Hall–Kier alpha value is -4.74. The van der Waals surface area contributed by atoms with Crippen molar-refractivity contribution in [2.24, 2.45) is 5.10 Å². The van der Waals surface area contributed by atoms with E-state index in [4.69, 9.17) is 4.74 Å². The largest absolute Gasteiger partial charge is 0.488 e. The molecule has 0 aliphatic heterocycles. The second-order valence-corrected chi connectivity index (χ2v) is 9.40. The summed E-state index contributed by atoms with van der Waals surface area (Å²) in [6.07, 6.45) is 1.54. The van der Waals surface area contributed by atoms with E-state index in [0.717, 1.165) is 16.7 Å². The van der Waals surface area contributed by atoms with Crippen LogP contribution in [-0.2, 0) is 11.4 Å². The Morgan fingerprint density at radius 1 is 0.949 bits per heavy atom. The number of hydrogen-bond acceptors (Lipinski definition) is 5. The number of carbonyl (C=O) groups excluding carboxylic acids is 2. The molecule has 0 aromatic heterocycles. The summed E-state index contributed by atoms with van der Waals surface area (Å²) < 4.78 is 6.57. The number of carbonyl (C=O) groups is 2. The Morgan fingerprint density at radius 2 is 1.64 bits per heavy atom. The van der Waals surface area contributed by atoms with E-state index in [9.17, 15) is 14.9 Å². The molecule has 0 unspecified atom stereocenters. The number of rotatable bonds is 10. The molecule has 0 fully saturated rings. The van der Waals surface area contributed by atoms with Gasteiger partial charge in [0, 0.05) is 11.1 Å². The molecule has 0 spiro atoms. The van der Waals surface area contributed by atoms with Crippen molar-refractivity contribution >= 4 is 34.0 Å². The summed E-state index contributed by atoms with van der Waals surface area (Å²) in [6.45, 7) is 0.259. The Morgan fingerprint density at radius 3 is 2.36 bits per heavy atom. The molecule has 0 radical (unpaired) electrons. The standard InChI is InChI=1S/C31H25BrN4O3/c32-27-17-22(15-16-29(27)39-21-26-14-8-7-13-25(26)19-33)20-34-36-30(37)18-28(23-9-3-1-4-10-23)35-31(38)24-11-5-2-6-12-24/h1-17,20,28H,18,21H2,(H,35,38)(H,36,37)/b34-20-/t28-/m0/s1. The quantitative estimate of drug-likeness (QED) is 0.180. The van der Waals surface area contributed by atoms with Gasteiger partial charge in [-0.3, -0.25) is 9.59 Å². The molecule has 194 valence electrons. The number of ether oxygens (including phenoxy) is 1. The number of hydrazone groups is 1. The first kappa shape index (κ1) is 27.3. The minimum Gasteiger partial charge on any atom is -0.488 e. The fourth-order valence-electron chi connectivity index (χ4n) is 3.80.